The maximum Gasteiger partial charge on any atom is 0.218 e. The topological polar surface area (TPSA) is 64.3 Å². The van der Waals surface area contributed by atoms with Gasteiger partial charge in [0.15, 0.2) is 0 Å². The van der Waals surface area contributed by atoms with Gasteiger partial charge in [0.05, 0.1) is 0 Å². The Labute approximate surface area is 86.6 Å². The molecule has 1 aliphatic heterocycles. The molecule has 3 N–H and O–H groups in total. The second kappa shape index (κ2) is 2.39. The molecule has 0 spiro atoms. The number of benzene rings is 1. The van der Waals surface area contributed by atoms with Crippen LogP contribution in [0.2, 0.25) is 0 Å². The molecule has 0 aromatic heterocycles. The van der Waals surface area contributed by atoms with E-state index >= 15 is 0 Å². The molecule has 3 nitrogen and oxygen atoms in total. The molecule has 0 saturated carbocycles. The van der Waals surface area contributed by atoms with Gasteiger partial charge in [0.25, 0.3) is 0 Å². The Hall–Kier alpha value is -1.42. The molecule has 0 amide bonds. The van der Waals surface area contributed by atoms with Crippen LogP contribution in [0.1, 0.15) is 11.1 Å². The van der Waals surface area contributed by atoms with Gasteiger partial charge in [-0.1, -0.05) is 30.3 Å². The van der Waals surface area contributed by atoms with Crippen LogP contribution in [0, 0.1) is 0 Å². The average molecular weight is 202 g/mol. The number of rotatable bonds is 0. The summed E-state index contributed by atoms with van der Waals surface area (Å²) in [6.45, 7) is 0. The summed E-state index contributed by atoms with van der Waals surface area (Å²) in [4.78, 5) is 0. The summed E-state index contributed by atoms with van der Waals surface area (Å²) in [7, 11) is 0. The summed E-state index contributed by atoms with van der Waals surface area (Å²) >= 11 is 0. The Balaban J connectivity index is 0.000000722. The number of hydrogen-bond acceptors (Lipinski definition) is 2. The fourth-order valence-corrected chi connectivity index (χ4v) is 2.39. The smallest absolute Gasteiger partial charge is 0.218 e. The standard InChI is InChI=1S/C12H8O2.H2O/c13-12-6-5-9-7-3-1-2-4-8(7)10(9)11(12)14-12;/h1-6,11,13H;1H2. The molecule has 3 aliphatic rings. The minimum atomic E-state index is -0.994. The van der Waals surface area contributed by atoms with Crippen LogP contribution < -0.4 is 0 Å². The van der Waals surface area contributed by atoms with Crippen LogP contribution in [-0.4, -0.2) is 22.5 Å². The van der Waals surface area contributed by atoms with Crippen molar-refractivity contribution in [1.29, 1.82) is 0 Å². The van der Waals surface area contributed by atoms with Gasteiger partial charge in [-0.3, -0.25) is 0 Å². The van der Waals surface area contributed by atoms with Gasteiger partial charge in [0.1, 0.15) is 6.10 Å². The molecule has 1 heterocycles. The third kappa shape index (κ3) is 0.855. The van der Waals surface area contributed by atoms with Crippen molar-refractivity contribution in [2.75, 3.05) is 0 Å². The second-order valence-corrected chi connectivity index (χ2v) is 3.96. The van der Waals surface area contributed by atoms with Gasteiger partial charge >= 0.3 is 0 Å². The molecule has 15 heavy (non-hydrogen) atoms. The maximum absolute atomic E-state index is 9.75. The predicted molar refractivity (Wildman–Crippen MR) is 55.8 cm³/mol. The number of allylic oxidation sites excluding steroid dienone is 2. The van der Waals surface area contributed by atoms with Crippen LogP contribution in [0.25, 0.3) is 11.1 Å². The van der Waals surface area contributed by atoms with E-state index in [-0.39, 0.29) is 11.6 Å². The summed E-state index contributed by atoms with van der Waals surface area (Å²) in [5.74, 6) is -0.994. The van der Waals surface area contributed by atoms with Crippen LogP contribution in [0.3, 0.4) is 0 Å². The van der Waals surface area contributed by atoms with E-state index < -0.39 is 5.79 Å². The zero-order valence-corrected chi connectivity index (χ0v) is 7.90. The van der Waals surface area contributed by atoms with Crippen molar-refractivity contribution in [2.24, 2.45) is 0 Å². The van der Waals surface area contributed by atoms with E-state index in [9.17, 15) is 5.11 Å². The van der Waals surface area contributed by atoms with E-state index in [1.807, 2.05) is 18.2 Å². The molecular weight excluding hydrogens is 192 g/mol. The number of ether oxygens (including phenoxy) is 1. The lowest BCUT2D eigenvalue weighted by molar-refractivity contribution is 0.0826. The fourth-order valence-electron chi connectivity index (χ4n) is 2.39. The lowest BCUT2D eigenvalue weighted by atomic mass is 9.75. The molecule has 1 aromatic carbocycles. The quantitative estimate of drug-likeness (QED) is 0.631. The van der Waals surface area contributed by atoms with Gasteiger partial charge in [0.2, 0.25) is 5.79 Å². The highest BCUT2D eigenvalue weighted by Crippen LogP contribution is 2.56. The minimum Gasteiger partial charge on any atom is -0.412 e. The van der Waals surface area contributed by atoms with Crippen LogP contribution in [-0.2, 0) is 4.74 Å². The lowest BCUT2D eigenvalue weighted by Gasteiger charge is -2.27. The molecule has 1 fully saturated rings. The van der Waals surface area contributed by atoms with E-state index in [1.54, 1.807) is 6.08 Å². The SMILES string of the molecule is O.OC12C=CC3=C(c4ccccc43)C1O2. The first-order chi connectivity index (χ1) is 6.80. The first-order valence-corrected chi connectivity index (χ1v) is 4.73. The molecule has 76 valence electrons. The highest BCUT2D eigenvalue weighted by atomic mass is 16.7. The summed E-state index contributed by atoms with van der Waals surface area (Å²) in [6, 6.07) is 8.23. The third-order valence-corrected chi connectivity index (χ3v) is 3.17. The van der Waals surface area contributed by atoms with Crippen molar-refractivity contribution < 1.29 is 15.3 Å². The zero-order chi connectivity index (χ0) is 9.34. The van der Waals surface area contributed by atoms with Crippen LogP contribution >= 0.6 is 0 Å². The molecule has 2 unspecified atom stereocenters. The molecule has 3 heteroatoms. The van der Waals surface area contributed by atoms with Crippen molar-refractivity contribution in [3.8, 4) is 0 Å². The van der Waals surface area contributed by atoms with Gasteiger partial charge in [-0.25, -0.2) is 0 Å². The van der Waals surface area contributed by atoms with Crippen LogP contribution in [0.5, 0.6) is 0 Å². The number of aliphatic hydroxyl groups is 1. The molecular formula is C12H10O3. The Morgan fingerprint density at radius 2 is 1.93 bits per heavy atom. The average Bonchev–Trinajstić information content (AvgIpc) is 2.82. The Morgan fingerprint density at radius 3 is 2.73 bits per heavy atom. The van der Waals surface area contributed by atoms with Crippen LogP contribution in [0.4, 0.5) is 0 Å². The normalized spacial score (nSPS) is 33.3. The van der Waals surface area contributed by atoms with Gasteiger partial charge in [-0.15, -0.1) is 0 Å². The molecule has 2 atom stereocenters. The van der Waals surface area contributed by atoms with Crippen molar-refractivity contribution in [2.45, 2.75) is 11.9 Å². The largest absolute Gasteiger partial charge is 0.412 e. The van der Waals surface area contributed by atoms with Crippen molar-refractivity contribution in [3.63, 3.8) is 0 Å². The predicted octanol–water partition coefficient (Wildman–Crippen LogP) is 0.743. The van der Waals surface area contributed by atoms with E-state index in [4.69, 9.17) is 4.74 Å². The summed E-state index contributed by atoms with van der Waals surface area (Å²) < 4.78 is 5.27. The number of hydrogen-bond donors (Lipinski definition) is 1. The first-order valence-electron chi connectivity index (χ1n) is 4.73. The highest BCUT2D eigenvalue weighted by Gasteiger charge is 2.60. The monoisotopic (exact) mass is 202 g/mol. The Morgan fingerprint density at radius 1 is 1.20 bits per heavy atom. The third-order valence-electron chi connectivity index (χ3n) is 3.17. The molecule has 1 aromatic rings. The summed E-state index contributed by atoms with van der Waals surface area (Å²) in [5, 5.41) is 9.75. The zero-order valence-electron chi connectivity index (χ0n) is 7.90. The van der Waals surface area contributed by atoms with Gasteiger partial charge in [-0.05, 0) is 22.8 Å². The molecule has 1 saturated heterocycles. The molecule has 2 aliphatic carbocycles. The van der Waals surface area contributed by atoms with E-state index in [1.165, 1.54) is 22.3 Å². The van der Waals surface area contributed by atoms with Crippen molar-refractivity contribution in [1.82, 2.24) is 0 Å². The molecule has 4 rings (SSSR count). The fraction of sp³-hybridized carbons (Fsp3) is 0.167. The molecule has 0 bridgehead atoms. The van der Waals surface area contributed by atoms with E-state index in [2.05, 4.69) is 12.1 Å². The van der Waals surface area contributed by atoms with Crippen molar-refractivity contribution >= 4 is 11.1 Å². The van der Waals surface area contributed by atoms with Gasteiger partial charge < -0.3 is 15.3 Å². The van der Waals surface area contributed by atoms with E-state index in [0.717, 1.165) is 0 Å². The first kappa shape index (κ1) is 8.85. The van der Waals surface area contributed by atoms with Gasteiger partial charge in [-0.2, -0.15) is 0 Å². The molecule has 0 radical (unpaired) electrons. The summed E-state index contributed by atoms with van der Waals surface area (Å²) in [5.41, 5.74) is 4.91. The number of epoxide rings is 1. The Bertz CT molecular complexity index is 515. The lowest BCUT2D eigenvalue weighted by Crippen LogP contribution is -2.20. The highest BCUT2D eigenvalue weighted by molar-refractivity contribution is 6.11. The van der Waals surface area contributed by atoms with E-state index in [0.29, 0.717) is 0 Å². The Kier molecular flexibility index (Phi) is 1.41. The minimum absolute atomic E-state index is 0. The van der Waals surface area contributed by atoms with Gasteiger partial charge in [0, 0.05) is 5.57 Å². The second-order valence-electron chi connectivity index (χ2n) is 3.96. The maximum atomic E-state index is 9.75. The number of fused-ring (bicyclic) bond motifs is 5. The van der Waals surface area contributed by atoms with Crippen molar-refractivity contribution in [3.05, 3.63) is 47.5 Å². The summed E-state index contributed by atoms with van der Waals surface area (Å²) in [6.07, 6.45) is 3.59. The van der Waals surface area contributed by atoms with Crippen LogP contribution in [0.15, 0.2) is 36.4 Å².